The lowest BCUT2D eigenvalue weighted by Crippen LogP contribution is -2.60. The Kier molecular flexibility index (Phi) is 6.20. The van der Waals surface area contributed by atoms with Gasteiger partial charge in [-0.05, 0) is 30.4 Å². The second-order valence-corrected chi connectivity index (χ2v) is 12.1. The van der Waals surface area contributed by atoms with Crippen molar-refractivity contribution < 1.29 is 33.8 Å². The number of hydrogen-bond donors (Lipinski definition) is 2. The van der Waals surface area contributed by atoms with Crippen LogP contribution in [-0.2, 0) is 25.8 Å². The summed E-state index contributed by atoms with van der Waals surface area (Å²) in [4.78, 5) is 62.6. The van der Waals surface area contributed by atoms with E-state index in [-0.39, 0.29) is 30.8 Å². The van der Waals surface area contributed by atoms with Gasteiger partial charge in [-0.1, -0.05) is 48.0 Å². The lowest BCUT2D eigenvalue weighted by Gasteiger charge is -2.50. The molecular weight excluding hydrogens is 573 g/mol. The summed E-state index contributed by atoms with van der Waals surface area (Å²) >= 11 is 14.2. The Bertz CT molecular complexity index is 1560. The molecule has 0 aromatic heterocycles. The van der Waals surface area contributed by atoms with Gasteiger partial charge in [0, 0.05) is 24.6 Å². The van der Waals surface area contributed by atoms with Gasteiger partial charge >= 0.3 is 6.03 Å². The zero-order chi connectivity index (χ0) is 29.4. The zero-order valence-electron chi connectivity index (χ0n) is 21.8. The molecule has 2 saturated heterocycles. The predicted molar refractivity (Wildman–Crippen MR) is 146 cm³/mol. The highest BCUT2D eigenvalue weighted by Crippen LogP contribution is 2.66. The van der Waals surface area contributed by atoms with Crippen molar-refractivity contribution in [3.63, 3.8) is 0 Å². The molecule has 4 aliphatic rings. The number of aromatic hydroxyl groups is 1. The topological polar surface area (TPSA) is 147 Å². The van der Waals surface area contributed by atoms with Crippen LogP contribution in [0, 0.1) is 17.8 Å². The van der Waals surface area contributed by atoms with E-state index in [1.54, 1.807) is 18.2 Å². The average Bonchev–Trinajstić information content (AvgIpc) is 3.28. The molecule has 212 valence electrons. The number of ether oxygens (including phenoxy) is 1. The monoisotopic (exact) mass is 597 g/mol. The standard InChI is InChI=1S/C29H25Cl2N3O7/c1-33-25(38)28(30)12-19-16(9-10-18-21(19)24(37)34(23(18)36)27(32)40)22(29(28,31)26(33)39)17-8-7-15(11-20(17)35)41-13-14-5-3-2-4-6-14/h2-9,11,18-19,21-22,35H,10,12-13H2,1H3,(H2,32,40). The molecule has 6 rings (SSSR count). The number of benzene rings is 2. The van der Waals surface area contributed by atoms with E-state index in [1.807, 2.05) is 30.3 Å². The molecule has 10 nitrogen and oxygen atoms in total. The smallest absolute Gasteiger partial charge is 0.328 e. The number of phenols is 1. The maximum Gasteiger partial charge on any atom is 0.328 e. The quantitative estimate of drug-likeness (QED) is 0.312. The molecule has 0 bridgehead atoms. The molecule has 6 amide bonds. The van der Waals surface area contributed by atoms with Crippen molar-refractivity contribution in [2.75, 3.05) is 7.05 Å². The number of carbonyl (C=O) groups is 5. The van der Waals surface area contributed by atoms with Crippen molar-refractivity contribution >= 4 is 52.9 Å². The van der Waals surface area contributed by atoms with Crippen LogP contribution in [0.3, 0.4) is 0 Å². The van der Waals surface area contributed by atoms with Crippen LogP contribution in [0.2, 0.25) is 0 Å². The highest BCUT2D eigenvalue weighted by atomic mass is 35.5. The molecule has 0 radical (unpaired) electrons. The third-order valence-electron chi connectivity index (χ3n) is 8.80. The van der Waals surface area contributed by atoms with Gasteiger partial charge in [0.15, 0.2) is 9.75 Å². The van der Waals surface area contributed by atoms with Gasteiger partial charge in [0.25, 0.3) is 11.8 Å². The number of fused-ring (bicyclic) bond motifs is 4. The molecule has 41 heavy (non-hydrogen) atoms. The third-order valence-corrected chi connectivity index (χ3v) is 10.2. The summed E-state index contributed by atoms with van der Waals surface area (Å²) in [6.07, 6.45) is 1.53. The average molecular weight is 598 g/mol. The number of imide groups is 4. The van der Waals surface area contributed by atoms with Crippen LogP contribution in [0.25, 0.3) is 0 Å². The largest absolute Gasteiger partial charge is 0.508 e. The van der Waals surface area contributed by atoms with Gasteiger partial charge in [-0.2, -0.15) is 4.90 Å². The zero-order valence-corrected chi connectivity index (χ0v) is 23.3. The SMILES string of the molecule is CN1C(=O)C2(Cl)CC3C(=CCC4C(=O)N(C(N)=O)C(=O)C43)C(c3ccc(OCc4ccccc4)cc3O)C2(Cl)C1=O. The fraction of sp³-hybridized carbons (Fsp3) is 0.345. The van der Waals surface area contributed by atoms with Crippen molar-refractivity contribution in [2.45, 2.75) is 35.1 Å². The number of phenolic OH excluding ortho intramolecular Hbond substituents is 1. The molecule has 2 heterocycles. The van der Waals surface area contributed by atoms with Gasteiger partial charge < -0.3 is 15.6 Å². The second-order valence-electron chi connectivity index (χ2n) is 10.8. The minimum atomic E-state index is -2.05. The van der Waals surface area contributed by atoms with Crippen LogP contribution in [0.4, 0.5) is 4.79 Å². The summed E-state index contributed by atoms with van der Waals surface area (Å²) in [6, 6.07) is 12.8. The van der Waals surface area contributed by atoms with Gasteiger partial charge in [0.05, 0.1) is 11.8 Å². The van der Waals surface area contributed by atoms with Crippen LogP contribution in [0.5, 0.6) is 11.5 Å². The van der Waals surface area contributed by atoms with Crippen molar-refractivity contribution in [1.82, 2.24) is 9.80 Å². The van der Waals surface area contributed by atoms with E-state index in [4.69, 9.17) is 33.7 Å². The first-order valence-corrected chi connectivity index (χ1v) is 13.7. The van der Waals surface area contributed by atoms with Crippen molar-refractivity contribution in [2.24, 2.45) is 23.5 Å². The number of allylic oxidation sites excluding steroid dienone is 2. The van der Waals surface area contributed by atoms with E-state index in [0.717, 1.165) is 10.5 Å². The van der Waals surface area contributed by atoms with E-state index >= 15 is 0 Å². The van der Waals surface area contributed by atoms with Gasteiger partial charge in [-0.25, -0.2) is 4.79 Å². The molecule has 6 atom stereocenters. The number of likely N-dealkylation sites (tertiary alicyclic amines) is 2. The molecule has 3 N–H and O–H groups in total. The summed E-state index contributed by atoms with van der Waals surface area (Å²) in [5, 5.41) is 11.3. The number of halogens is 2. The van der Waals surface area contributed by atoms with Crippen molar-refractivity contribution in [3.8, 4) is 11.5 Å². The number of rotatable bonds is 4. The van der Waals surface area contributed by atoms with E-state index < -0.39 is 63.1 Å². The second kappa shape index (κ2) is 9.32. The van der Waals surface area contributed by atoms with Crippen LogP contribution in [-0.4, -0.2) is 61.4 Å². The van der Waals surface area contributed by atoms with Crippen LogP contribution >= 0.6 is 23.2 Å². The van der Waals surface area contributed by atoms with E-state index in [1.165, 1.54) is 13.1 Å². The Balaban J connectivity index is 1.45. The van der Waals surface area contributed by atoms with Gasteiger partial charge in [0.1, 0.15) is 18.1 Å². The fourth-order valence-corrected chi connectivity index (χ4v) is 7.92. The summed E-state index contributed by atoms with van der Waals surface area (Å²) in [7, 11) is 1.27. The number of alkyl halides is 2. The van der Waals surface area contributed by atoms with Crippen LogP contribution < -0.4 is 10.5 Å². The Morgan fingerprint density at radius 2 is 1.76 bits per heavy atom. The van der Waals surface area contributed by atoms with Crippen molar-refractivity contribution in [3.05, 3.63) is 71.3 Å². The molecule has 6 unspecified atom stereocenters. The Labute approximate surface area is 244 Å². The van der Waals surface area contributed by atoms with Crippen LogP contribution in [0.15, 0.2) is 60.2 Å². The number of nitrogens with two attached hydrogens (primary N) is 1. The Morgan fingerprint density at radius 1 is 1.05 bits per heavy atom. The lowest BCUT2D eigenvalue weighted by atomic mass is 9.56. The first-order chi connectivity index (χ1) is 19.4. The highest BCUT2D eigenvalue weighted by Gasteiger charge is 2.76. The third kappa shape index (κ3) is 3.66. The highest BCUT2D eigenvalue weighted by molar-refractivity contribution is 6.53. The number of urea groups is 1. The molecule has 3 fully saturated rings. The lowest BCUT2D eigenvalue weighted by molar-refractivity contribution is -0.139. The van der Waals surface area contributed by atoms with Crippen LogP contribution in [0.1, 0.15) is 29.9 Å². The van der Waals surface area contributed by atoms with Gasteiger partial charge in [0.2, 0.25) is 11.8 Å². The minimum absolute atomic E-state index is 0.0701. The van der Waals surface area contributed by atoms with E-state index in [0.29, 0.717) is 16.2 Å². The maximum atomic E-state index is 13.6. The minimum Gasteiger partial charge on any atom is -0.508 e. The Hall–Kier alpha value is -3.89. The molecule has 2 aliphatic heterocycles. The summed E-state index contributed by atoms with van der Waals surface area (Å²) in [5.41, 5.74) is 6.93. The molecule has 1 saturated carbocycles. The molecule has 12 heteroatoms. The number of nitrogens with zero attached hydrogens (tertiary/aromatic N) is 2. The number of carbonyl (C=O) groups excluding carboxylic acids is 5. The van der Waals surface area contributed by atoms with E-state index in [2.05, 4.69) is 0 Å². The molecular formula is C29H25Cl2N3O7. The number of hydrogen-bond acceptors (Lipinski definition) is 7. The normalized spacial score (nSPS) is 32.4. The summed E-state index contributed by atoms with van der Waals surface area (Å²) in [6.45, 7) is 0.244. The summed E-state index contributed by atoms with van der Waals surface area (Å²) < 4.78 is 5.83. The van der Waals surface area contributed by atoms with E-state index in [9.17, 15) is 29.1 Å². The fourth-order valence-electron chi connectivity index (χ4n) is 6.91. The number of amides is 6. The molecule has 0 spiro atoms. The number of primary amides is 1. The predicted octanol–water partition coefficient (Wildman–Crippen LogP) is 3.04. The first kappa shape index (κ1) is 27.3. The Morgan fingerprint density at radius 3 is 2.41 bits per heavy atom. The first-order valence-electron chi connectivity index (χ1n) is 13.0. The molecule has 2 aromatic rings. The van der Waals surface area contributed by atoms with Crippen molar-refractivity contribution in [1.29, 1.82) is 0 Å². The maximum absolute atomic E-state index is 13.6. The molecule has 2 aromatic carbocycles. The summed E-state index contributed by atoms with van der Waals surface area (Å²) in [5.74, 6) is -6.83. The van der Waals surface area contributed by atoms with Gasteiger partial charge in [-0.15, -0.1) is 23.2 Å². The molecule has 2 aliphatic carbocycles. The van der Waals surface area contributed by atoms with Gasteiger partial charge in [-0.3, -0.25) is 24.1 Å².